The summed E-state index contributed by atoms with van der Waals surface area (Å²) >= 11 is 9.54. The van der Waals surface area contributed by atoms with E-state index in [9.17, 15) is 9.59 Å². The van der Waals surface area contributed by atoms with E-state index in [1.165, 1.54) is 6.20 Å². The second-order valence-corrected chi connectivity index (χ2v) is 8.39. The molecular weight excluding hydrogens is 470 g/mol. The third-order valence-electron chi connectivity index (χ3n) is 4.99. The third kappa shape index (κ3) is 4.55. The number of nitrogens with zero attached hydrogens (tertiary/aromatic N) is 4. The molecule has 3 aromatic rings. The molecule has 9 heteroatoms. The minimum absolute atomic E-state index is 0.130. The highest BCUT2D eigenvalue weighted by Crippen LogP contribution is 2.22. The van der Waals surface area contributed by atoms with Crippen molar-refractivity contribution in [2.24, 2.45) is 5.92 Å². The second kappa shape index (κ2) is 8.97. The summed E-state index contributed by atoms with van der Waals surface area (Å²) in [7, 11) is 0. The first-order chi connectivity index (χ1) is 14.5. The van der Waals surface area contributed by atoms with Gasteiger partial charge in [0.15, 0.2) is 0 Å². The minimum atomic E-state index is -0.285. The smallest absolute Gasteiger partial charge is 0.257 e. The van der Waals surface area contributed by atoms with Gasteiger partial charge in [-0.1, -0.05) is 23.7 Å². The highest BCUT2D eigenvalue weighted by Gasteiger charge is 2.29. The zero-order valence-corrected chi connectivity index (χ0v) is 18.3. The maximum atomic E-state index is 13.0. The monoisotopic (exact) mass is 487 g/mol. The van der Waals surface area contributed by atoms with E-state index in [1.54, 1.807) is 34.1 Å². The lowest BCUT2D eigenvalue weighted by Crippen LogP contribution is -2.43. The van der Waals surface area contributed by atoms with Crippen LogP contribution in [-0.4, -0.2) is 44.6 Å². The maximum absolute atomic E-state index is 13.0. The van der Waals surface area contributed by atoms with E-state index in [4.69, 9.17) is 11.6 Å². The molecule has 2 amide bonds. The molecule has 0 bridgehead atoms. The molecular formula is C21H19BrClN5O2. The first kappa shape index (κ1) is 20.6. The molecule has 1 aliphatic rings. The van der Waals surface area contributed by atoms with Crippen LogP contribution in [0.2, 0.25) is 5.02 Å². The minimum Gasteiger partial charge on any atom is -0.338 e. The van der Waals surface area contributed by atoms with Crippen LogP contribution in [0.4, 0.5) is 5.82 Å². The highest BCUT2D eigenvalue weighted by molar-refractivity contribution is 9.10. The number of likely N-dealkylation sites (tertiary alicyclic amines) is 1. The Balaban J connectivity index is 1.43. The number of aromatic nitrogens is 3. The Bertz CT molecular complexity index is 1070. The number of para-hydroxylation sites is 1. The molecule has 0 radical (unpaired) electrons. The maximum Gasteiger partial charge on any atom is 0.257 e. The normalized spacial score (nSPS) is 16.3. The molecule has 1 unspecified atom stereocenters. The molecule has 1 atom stereocenters. The lowest BCUT2D eigenvalue weighted by Gasteiger charge is -2.31. The zero-order valence-electron chi connectivity index (χ0n) is 16.0. The number of benzene rings is 1. The molecule has 0 spiro atoms. The van der Waals surface area contributed by atoms with Crippen molar-refractivity contribution in [3.8, 4) is 5.69 Å². The van der Waals surface area contributed by atoms with Crippen LogP contribution >= 0.6 is 27.5 Å². The standard InChI is InChI=1S/C21H19BrClN5O2/c22-16-7-8-19(24-11-16)26-20(29)14-4-3-9-27(12-14)21(30)15-10-25-28(13-15)18-6-2-1-5-17(18)23/h1-2,5-8,10-11,13-14H,3-4,9,12H2,(H,24,26,29). The largest absolute Gasteiger partial charge is 0.338 e. The number of amides is 2. The average Bonchev–Trinajstić information content (AvgIpc) is 3.25. The summed E-state index contributed by atoms with van der Waals surface area (Å²) in [5.74, 6) is -0.0684. The summed E-state index contributed by atoms with van der Waals surface area (Å²) in [5, 5.41) is 7.66. The first-order valence-corrected chi connectivity index (χ1v) is 10.7. The molecule has 30 heavy (non-hydrogen) atoms. The van der Waals surface area contributed by atoms with E-state index < -0.39 is 0 Å². The number of piperidine rings is 1. The van der Waals surface area contributed by atoms with Crippen LogP contribution in [-0.2, 0) is 4.79 Å². The van der Waals surface area contributed by atoms with Crippen LogP contribution in [0.3, 0.4) is 0 Å². The van der Waals surface area contributed by atoms with E-state index in [0.717, 1.165) is 17.3 Å². The predicted octanol–water partition coefficient (Wildman–Crippen LogP) is 4.17. The van der Waals surface area contributed by atoms with Gasteiger partial charge in [0.05, 0.1) is 28.4 Å². The summed E-state index contributed by atoms with van der Waals surface area (Å²) in [4.78, 5) is 31.5. The summed E-state index contributed by atoms with van der Waals surface area (Å²) in [6.07, 6.45) is 6.31. The Morgan fingerprint density at radius 1 is 1.17 bits per heavy atom. The van der Waals surface area contributed by atoms with Crippen LogP contribution in [0.25, 0.3) is 5.69 Å². The molecule has 1 saturated heterocycles. The number of hydrogen-bond donors (Lipinski definition) is 1. The molecule has 1 fully saturated rings. The predicted molar refractivity (Wildman–Crippen MR) is 118 cm³/mol. The van der Waals surface area contributed by atoms with Crippen LogP contribution in [0.5, 0.6) is 0 Å². The lowest BCUT2D eigenvalue weighted by atomic mass is 9.96. The van der Waals surface area contributed by atoms with Crippen LogP contribution in [0, 0.1) is 5.92 Å². The Kier molecular flexibility index (Phi) is 6.15. The summed E-state index contributed by atoms with van der Waals surface area (Å²) in [5.41, 5.74) is 1.17. The average molecular weight is 489 g/mol. The van der Waals surface area contributed by atoms with Crippen molar-refractivity contribution < 1.29 is 9.59 Å². The molecule has 0 saturated carbocycles. The molecule has 0 aliphatic carbocycles. The van der Waals surface area contributed by atoms with Crippen molar-refractivity contribution in [3.63, 3.8) is 0 Å². The molecule has 154 valence electrons. The Morgan fingerprint density at radius 2 is 2.00 bits per heavy atom. The molecule has 1 aliphatic heterocycles. The molecule has 7 nitrogen and oxygen atoms in total. The van der Waals surface area contributed by atoms with Crippen molar-refractivity contribution in [3.05, 3.63) is 70.0 Å². The fourth-order valence-corrected chi connectivity index (χ4v) is 3.90. The Morgan fingerprint density at radius 3 is 2.77 bits per heavy atom. The SMILES string of the molecule is O=C(Nc1ccc(Br)cn1)C1CCCN(C(=O)c2cnn(-c3ccccc3Cl)c2)C1. The fraction of sp³-hybridized carbons (Fsp3) is 0.238. The van der Waals surface area contributed by atoms with Gasteiger partial charge in [-0.2, -0.15) is 5.10 Å². The van der Waals surface area contributed by atoms with Crippen LogP contribution in [0.1, 0.15) is 23.2 Å². The fourth-order valence-electron chi connectivity index (χ4n) is 3.44. The van der Waals surface area contributed by atoms with Gasteiger partial charge in [-0.15, -0.1) is 0 Å². The van der Waals surface area contributed by atoms with Gasteiger partial charge < -0.3 is 10.2 Å². The van der Waals surface area contributed by atoms with E-state index in [-0.39, 0.29) is 17.7 Å². The molecule has 2 aromatic heterocycles. The van der Waals surface area contributed by atoms with Gasteiger partial charge in [0, 0.05) is 30.0 Å². The third-order valence-corrected chi connectivity index (χ3v) is 5.78. The van der Waals surface area contributed by atoms with Gasteiger partial charge in [-0.25, -0.2) is 9.67 Å². The van der Waals surface area contributed by atoms with Crippen LogP contribution < -0.4 is 5.32 Å². The number of nitrogens with one attached hydrogen (secondary N) is 1. The number of hydrogen-bond acceptors (Lipinski definition) is 4. The Labute approximate surface area is 187 Å². The number of pyridine rings is 1. The quantitative estimate of drug-likeness (QED) is 0.598. The van der Waals surface area contributed by atoms with E-state index in [1.807, 2.05) is 24.3 Å². The van der Waals surface area contributed by atoms with Gasteiger partial charge in [-0.05, 0) is 53.0 Å². The van der Waals surface area contributed by atoms with Gasteiger partial charge in [-0.3, -0.25) is 9.59 Å². The van der Waals surface area contributed by atoms with Crippen molar-refractivity contribution in [2.45, 2.75) is 12.8 Å². The lowest BCUT2D eigenvalue weighted by molar-refractivity contribution is -0.121. The summed E-state index contributed by atoms with van der Waals surface area (Å²) in [6, 6.07) is 10.9. The highest BCUT2D eigenvalue weighted by atomic mass is 79.9. The Hall–Kier alpha value is -2.71. The number of halogens is 2. The van der Waals surface area contributed by atoms with E-state index in [0.29, 0.717) is 35.2 Å². The molecule has 1 aromatic carbocycles. The van der Waals surface area contributed by atoms with Crippen molar-refractivity contribution in [1.82, 2.24) is 19.7 Å². The van der Waals surface area contributed by atoms with Crippen LogP contribution in [0.15, 0.2) is 59.5 Å². The number of carbonyl (C=O) groups is 2. The number of rotatable bonds is 4. The van der Waals surface area contributed by atoms with Gasteiger partial charge in [0.25, 0.3) is 5.91 Å². The topological polar surface area (TPSA) is 80.1 Å². The molecule has 4 rings (SSSR count). The molecule has 3 heterocycles. The summed E-state index contributed by atoms with van der Waals surface area (Å²) in [6.45, 7) is 0.967. The van der Waals surface area contributed by atoms with Gasteiger partial charge in [0.2, 0.25) is 5.91 Å². The zero-order chi connectivity index (χ0) is 21.1. The molecule has 1 N–H and O–H groups in total. The van der Waals surface area contributed by atoms with E-state index >= 15 is 0 Å². The second-order valence-electron chi connectivity index (χ2n) is 7.07. The van der Waals surface area contributed by atoms with Gasteiger partial charge >= 0.3 is 0 Å². The number of carbonyl (C=O) groups excluding carboxylic acids is 2. The van der Waals surface area contributed by atoms with Crippen molar-refractivity contribution >= 4 is 45.2 Å². The first-order valence-electron chi connectivity index (χ1n) is 9.52. The van der Waals surface area contributed by atoms with Gasteiger partial charge in [0.1, 0.15) is 5.82 Å². The summed E-state index contributed by atoms with van der Waals surface area (Å²) < 4.78 is 2.43. The van der Waals surface area contributed by atoms with Crippen molar-refractivity contribution in [2.75, 3.05) is 18.4 Å². The number of anilines is 1. The van der Waals surface area contributed by atoms with E-state index in [2.05, 4.69) is 31.3 Å². The van der Waals surface area contributed by atoms with Crippen molar-refractivity contribution in [1.29, 1.82) is 0 Å².